The first-order valence-corrected chi connectivity index (χ1v) is 8.82. The summed E-state index contributed by atoms with van der Waals surface area (Å²) >= 11 is 6.86. The van der Waals surface area contributed by atoms with E-state index < -0.39 is 10.0 Å². The van der Waals surface area contributed by atoms with Crippen molar-refractivity contribution in [3.05, 3.63) is 46.3 Å². The van der Waals surface area contributed by atoms with Crippen molar-refractivity contribution >= 4 is 44.6 Å². The maximum atomic E-state index is 12.1. The van der Waals surface area contributed by atoms with Gasteiger partial charge in [0.05, 0.1) is 16.1 Å². The maximum Gasteiger partial charge on any atom is 0.297 e. The van der Waals surface area contributed by atoms with E-state index in [0.717, 1.165) is 16.9 Å². The van der Waals surface area contributed by atoms with Crippen LogP contribution in [0.3, 0.4) is 0 Å². The summed E-state index contributed by atoms with van der Waals surface area (Å²) in [7, 11) is -3.70. The number of hydrogen-bond acceptors (Lipinski definition) is 5. The van der Waals surface area contributed by atoms with E-state index in [0.29, 0.717) is 10.0 Å². The first-order chi connectivity index (χ1) is 9.95. The molecule has 2 heterocycles. The van der Waals surface area contributed by atoms with Gasteiger partial charge in [-0.3, -0.25) is 0 Å². The van der Waals surface area contributed by atoms with Crippen molar-refractivity contribution in [1.82, 2.24) is 5.32 Å². The van der Waals surface area contributed by atoms with Crippen LogP contribution in [0.5, 0.6) is 0 Å². The minimum Gasteiger partial charge on any atom is -0.349 e. The molecule has 5 nitrogen and oxygen atoms in total. The number of hydrogen-bond donors (Lipinski definition) is 2. The van der Waals surface area contributed by atoms with Gasteiger partial charge in [-0.25, -0.2) is 0 Å². The predicted octanol–water partition coefficient (Wildman–Crippen LogP) is 3.22. The molecule has 0 radical (unpaired) electrons. The largest absolute Gasteiger partial charge is 0.349 e. The molecule has 110 valence electrons. The highest BCUT2D eigenvalue weighted by atomic mass is 35.5. The molecule has 1 aliphatic heterocycles. The second-order valence-electron chi connectivity index (χ2n) is 4.57. The molecule has 0 spiro atoms. The van der Waals surface area contributed by atoms with Crippen LogP contribution in [0, 0.1) is 0 Å². The van der Waals surface area contributed by atoms with Gasteiger partial charge in [0.2, 0.25) is 5.96 Å². The number of fused-ring (bicyclic) bond motifs is 1. The standard InChI is InChI=1S/C13H12ClN3O2S2/c1-8(9-5-3-2-4-6-9)15-13-16-10-7-11(14)20-12(10)21(18,19)17-13/h2-8H,1H3,(H2,15,16,17). The topological polar surface area (TPSA) is 70.6 Å². The Bertz CT molecular complexity index is 800. The van der Waals surface area contributed by atoms with Crippen molar-refractivity contribution in [3.63, 3.8) is 0 Å². The van der Waals surface area contributed by atoms with E-state index in [4.69, 9.17) is 11.6 Å². The van der Waals surface area contributed by atoms with E-state index in [-0.39, 0.29) is 16.2 Å². The molecule has 8 heteroatoms. The number of benzene rings is 1. The Morgan fingerprint density at radius 1 is 1.33 bits per heavy atom. The first kappa shape index (κ1) is 14.4. The molecule has 0 bridgehead atoms. The zero-order valence-corrected chi connectivity index (χ0v) is 13.4. The highest BCUT2D eigenvalue weighted by Gasteiger charge is 2.28. The Balaban J connectivity index is 1.86. The van der Waals surface area contributed by atoms with Gasteiger partial charge in [-0.2, -0.15) is 8.42 Å². The van der Waals surface area contributed by atoms with Crippen LogP contribution in [-0.4, -0.2) is 14.4 Å². The van der Waals surface area contributed by atoms with Crippen LogP contribution in [-0.2, 0) is 10.0 Å². The number of halogens is 1. The molecule has 1 atom stereocenters. The highest BCUT2D eigenvalue weighted by Crippen LogP contribution is 2.37. The Morgan fingerprint density at radius 3 is 2.76 bits per heavy atom. The molecular weight excluding hydrogens is 330 g/mol. The molecule has 1 aromatic heterocycles. The fraction of sp³-hybridized carbons (Fsp3) is 0.154. The number of guanidine groups is 1. The van der Waals surface area contributed by atoms with Gasteiger partial charge in [-0.15, -0.1) is 15.7 Å². The summed E-state index contributed by atoms with van der Waals surface area (Å²) < 4.78 is 28.5. The summed E-state index contributed by atoms with van der Waals surface area (Å²) in [5.41, 5.74) is 1.50. The zero-order valence-electron chi connectivity index (χ0n) is 11.0. The van der Waals surface area contributed by atoms with Crippen LogP contribution >= 0.6 is 22.9 Å². The average molecular weight is 342 g/mol. The predicted molar refractivity (Wildman–Crippen MR) is 85.6 cm³/mol. The Labute approximate surface area is 131 Å². The van der Waals surface area contributed by atoms with Crippen LogP contribution in [0.1, 0.15) is 18.5 Å². The van der Waals surface area contributed by atoms with Gasteiger partial charge in [0.25, 0.3) is 10.0 Å². The van der Waals surface area contributed by atoms with Crippen molar-refractivity contribution in [2.75, 3.05) is 5.32 Å². The van der Waals surface area contributed by atoms with Crippen molar-refractivity contribution in [2.45, 2.75) is 17.2 Å². The molecule has 1 aromatic carbocycles. The summed E-state index contributed by atoms with van der Waals surface area (Å²) in [6.07, 6.45) is 0. The molecule has 21 heavy (non-hydrogen) atoms. The summed E-state index contributed by atoms with van der Waals surface area (Å²) in [6.45, 7) is 1.93. The summed E-state index contributed by atoms with van der Waals surface area (Å²) in [5.74, 6) is 0.202. The van der Waals surface area contributed by atoms with Crippen molar-refractivity contribution in [2.24, 2.45) is 4.40 Å². The molecule has 0 saturated carbocycles. The second-order valence-corrected chi connectivity index (χ2v) is 8.05. The maximum absolute atomic E-state index is 12.1. The zero-order chi connectivity index (χ0) is 15.0. The molecule has 3 rings (SSSR count). The first-order valence-electron chi connectivity index (χ1n) is 6.18. The number of nitrogens with one attached hydrogen (secondary N) is 2. The number of thiophene rings is 1. The summed E-state index contributed by atoms with van der Waals surface area (Å²) in [5, 5.41) is 6.02. The second kappa shape index (κ2) is 5.32. The Kier molecular flexibility index (Phi) is 3.64. The molecule has 0 aliphatic carbocycles. The summed E-state index contributed by atoms with van der Waals surface area (Å²) in [6, 6.07) is 11.2. The summed E-state index contributed by atoms with van der Waals surface area (Å²) in [4.78, 5) is 0. The van der Waals surface area contributed by atoms with E-state index in [1.165, 1.54) is 0 Å². The molecule has 0 amide bonds. The van der Waals surface area contributed by atoms with E-state index in [1.807, 2.05) is 37.3 Å². The van der Waals surface area contributed by atoms with Gasteiger partial charge in [0.1, 0.15) is 0 Å². The lowest BCUT2D eigenvalue weighted by molar-refractivity contribution is 0.598. The Morgan fingerprint density at radius 2 is 2.05 bits per heavy atom. The van der Waals surface area contributed by atoms with Gasteiger partial charge < -0.3 is 10.6 Å². The monoisotopic (exact) mass is 341 g/mol. The third-order valence-electron chi connectivity index (χ3n) is 3.02. The minimum absolute atomic E-state index is 0.0803. The van der Waals surface area contributed by atoms with Gasteiger partial charge in [-0.1, -0.05) is 41.9 Å². The van der Waals surface area contributed by atoms with E-state index in [2.05, 4.69) is 15.0 Å². The molecule has 0 saturated heterocycles. The van der Waals surface area contributed by atoms with Crippen LogP contribution < -0.4 is 10.6 Å². The average Bonchev–Trinajstić information content (AvgIpc) is 2.81. The third kappa shape index (κ3) is 2.90. The third-order valence-corrected chi connectivity index (χ3v) is 6.07. The number of sulfonamides is 1. The lowest BCUT2D eigenvalue weighted by Gasteiger charge is -2.20. The number of nitrogens with zero attached hydrogens (tertiary/aromatic N) is 1. The van der Waals surface area contributed by atoms with E-state index in [9.17, 15) is 8.42 Å². The smallest absolute Gasteiger partial charge is 0.297 e. The fourth-order valence-electron chi connectivity index (χ4n) is 2.03. The van der Waals surface area contributed by atoms with Crippen LogP contribution in [0.4, 0.5) is 5.69 Å². The van der Waals surface area contributed by atoms with E-state index in [1.54, 1.807) is 6.07 Å². The molecular formula is C13H12ClN3O2S2. The highest BCUT2D eigenvalue weighted by molar-refractivity contribution is 7.92. The molecule has 1 unspecified atom stereocenters. The number of anilines is 1. The fourth-order valence-corrected chi connectivity index (χ4v) is 4.69. The van der Waals surface area contributed by atoms with Gasteiger partial charge in [-0.05, 0) is 18.6 Å². The molecule has 0 fully saturated rings. The van der Waals surface area contributed by atoms with Crippen molar-refractivity contribution in [3.8, 4) is 0 Å². The van der Waals surface area contributed by atoms with Crippen LogP contribution in [0.2, 0.25) is 4.34 Å². The van der Waals surface area contributed by atoms with Crippen molar-refractivity contribution in [1.29, 1.82) is 0 Å². The van der Waals surface area contributed by atoms with Gasteiger partial charge >= 0.3 is 0 Å². The SMILES string of the molecule is CC(NC1=NS(=O)(=O)c2sc(Cl)cc2N1)c1ccccc1. The Hall–Kier alpha value is -1.57. The van der Waals surface area contributed by atoms with Gasteiger partial charge in [0.15, 0.2) is 4.21 Å². The van der Waals surface area contributed by atoms with Gasteiger partial charge in [0, 0.05) is 0 Å². The lowest BCUT2D eigenvalue weighted by Crippen LogP contribution is -2.35. The minimum atomic E-state index is -3.70. The van der Waals surface area contributed by atoms with Crippen molar-refractivity contribution < 1.29 is 8.42 Å². The molecule has 1 aliphatic rings. The van der Waals surface area contributed by atoms with Crippen LogP contribution in [0.15, 0.2) is 45.0 Å². The quantitative estimate of drug-likeness (QED) is 0.879. The van der Waals surface area contributed by atoms with E-state index >= 15 is 0 Å². The lowest BCUT2D eigenvalue weighted by atomic mass is 10.1. The number of rotatable bonds is 2. The molecule has 2 aromatic rings. The van der Waals surface area contributed by atoms with Crippen LogP contribution in [0.25, 0.3) is 0 Å². The molecule has 2 N–H and O–H groups in total. The normalized spacial score (nSPS) is 17.3.